The Morgan fingerprint density at radius 3 is 2.33 bits per heavy atom. The highest BCUT2D eigenvalue weighted by Crippen LogP contribution is 2.32. The lowest BCUT2D eigenvalue weighted by atomic mass is 9.87. The second-order valence-corrected chi connectivity index (χ2v) is 7.27. The van der Waals surface area contributed by atoms with Gasteiger partial charge in [0.1, 0.15) is 17.8 Å². The first-order valence-electron chi connectivity index (χ1n) is 10.1. The molecular weight excluding hydrogens is 382 g/mol. The molecule has 2 aromatic carbocycles. The van der Waals surface area contributed by atoms with E-state index in [1.54, 1.807) is 7.05 Å². The Morgan fingerprint density at radius 2 is 1.73 bits per heavy atom. The molecule has 1 heterocycles. The van der Waals surface area contributed by atoms with E-state index in [0.29, 0.717) is 25.1 Å². The molecule has 1 aliphatic rings. The van der Waals surface area contributed by atoms with Crippen molar-refractivity contribution in [2.75, 3.05) is 20.2 Å². The van der Waals surface area contributed by atoms with Crippen molar-refractivity contribution in [3.05, 3.63) is 65.7 Å². The van der Waals surface area contributed by atoms with Crippen molar-refractivity contribution < 1.29 is 19.1 Å². The van der Waals surface area contributed by atoms with Crippen LogP contribution in [-0.4, -0.2) is 47.8 Å². The van der Waals surface area contributed by atoms with Crippen LogP contribution in [0, 0.1) is 0 Å². The number of carbonyl (C=O) groups is 3. The van der Waals surface area contributed by atoms with Gasteiger partial charge in [0.05, 0.1) is 6.61 Å². The lowest BCUT2D eigenvalue weighted by molar-refractivity contribution is -0.138. The third kappa shape index (κ3) is 4.15. The molecule has 7 nitrogen and oxygen atoms in total. The second kappa shape index (κ2) is 8.98. The Bertz CT molecular complexity index is 914. The zero-order valence-corrected chi connectivity index (χ0v) is 17.6. The average Bonchev–Trinajstić information content (AvgIpc) is 3.01. The molecule has 1 fully saturated rings. The van der Waals surface area contributed by atoms with E-state index in [9.17, 15) is 14.4 Å². The molecule has 1 atom stereocenters. The summed E-state index contributed by atoms with van der Waals surface area (Å²) in [4.78, 5) is 40.9. The Labute approximate surface area is 176 Å². The van der Waals surface area contributed by atoms with Gasteiger partial charge in [-0.05, 0) is 36.6 Å². The third-order valence-electron chi connectivity index (χ3n) is 5.35. The van der Waals surface area contributed by atoms with E-state index in [-0.39, 0.29) is 12.5 Å². The Hall–Kier alpha value is -3.35. The molecule has 1 aliphatic heterocycles. The summed E-state index contributed by atoms with van der Waals surface area (Å²) in [6, 6.07) is 16.1. The average molecular weight is 409 g/mol. The highest BCUT2D eigenvalue weighted by Gasteiger charge is 2.51. The molecular formula is C23H27N3O4. The molecule has 7 heteroatoms. The summed E-state index contributed by atoms with van der Waals surface area (Å²) in [5.41, 5.74) is 0.508. The van der Waals surface area contributed by atoms with Crippen LogP contribution in [-0.2, 0) is 21.7 Å². The number of benzene rings is 2. The van der Waals surface area contributed by atoms with Gasteiger partial charge in [0.15, 0.2) is 0 Å². The molecule has 0 saturated carbocycles. The minimum atomic E-state index is -1.13. The van der Waals surface area contributed by atoms with Gasteiger partial charge in [-0.15, -0.1) is 0 Å². The zero-order valence-electron chi connectivity index (χ0n) is 17.6. The minimum absolute atomic E-state index is 0.299. The van der Waals surface area contributed by atoms with E-state index in [4.69, 9.17) is 4.74 Å². The number of likely N-dealkylation sites (N-methyl/N-ethyl adjacent to an activating group) is 1. The van der Waals surface area contributed by atoms with Gasteiger partial charge in [0.2, 0.25) is 5.91 Å². The van der Waals surface area contributed by atoms with E-state index in [1.165, 1.54) is 4.90 Å². The van der Waals surface area contributed by atoms with Crippen LogP contribution in [0.1, 0.15) is 31.4 Å². The molecule has 0 unspecified atom stereocenters. The molecule has 0 aromatic heterocycles. The minimum Gasteiger partial charge on any atom is -0.494 e. The number of amides is 4. The molecule has 1 N–H and O–H groups in total. The first-order chi connectivity index (χ1) is 14.4. The Morgan fingerprint density at radius 1 is 1.07 bits per heavy atom. The SMILES string of the molecule is CCOc1ccc(CN(C)C(=O)CN2C(=O)N[C@@](CC)(c3ccccc3)C2=O)cc1. The summed E-state index contributed by atoms with van der Waals surface area (Å²) in [6.45, 7) is 4.42. The highest BCUT2D eigenvalue weighted by atomic mass is 16.5. The first-order valence-corrected chi connectivity index (χ1v) is 10.1. The van der Waals surface area contributed by atoms with Crippen LogP contribution in [0.5, 0.6) is 5.75 Å². The molecule has 0 bridgehead atoms. The molecule has 1 saturated heterocycles. The number of ether oxygens (including phenoxy) is 1. The normalized spacial score (nSPS) is 18.3. The van der Waals surface area contributed by atoms with Crippen molar-refractivity contribution >= 4 is 17.8 Å². The van der Waals surface area contributed by atoms with Crippen LogP contribution in [0.15, 0.2) is 54.6 Å². The van der Waals surface area contributed by atoms with Crippen LogP contribution < -0.4 is 10.1 Å². The van der Waals surface area contributed by atoms with Gasteiger partial charge in [-0.2, -0.15) is 0 Å². The van der Waals surface area contributed by atoms with E-state index in [1.807, 2.05) is 68.4 Å². The Kier molecular flexibility index (Phi) is 6.40. The van der Waals surface area contributed by atoms with Crippen LogP contribution in [0.4, 0.5) is 4.79 Å². The summed E-state index contributed by atoms with van der Waals surface area (Å²) < 4.78 is 5.42. The highest BCUT2D eigenvalue weighted by molar-refractivity contribution is 6.09. The molecule has 3 rings (SSSR count). The van der Waals surface area contributed by atoms with E-state index < -0.39 is 17.5 Å². The maximum atomic E-state index is 13.1. The number of hydrogen-bond acceptors (Lipinski definition) is 4. The van der Waals surface area contributed by atoms with Crippen molar-refractivity contribution in [1.29, 1.82) is 0 Å². The lowest BCUT2D eigenvalue weighted by Gasteiger charge is -2.26. The van der Waals surface area contributed by atoms with E-state index in [0.717, 1.165) is 16.2 Å². The van der Waals surface area contributed by atoms with Gasteiger partial charge in [0, 0.05) is 13.6 Å². The summed E-state index contributed by atoms with van der Waals surface area (Å²) in [5.74, 6) is 0.0581. The number of imide groups is 1. The lowest BCUT2D eigenvalue weighted by Crippen LogP contribution is -2.45. The predicted octanol–water partition coefficient (Wildman–Crippen LogP) is 2.90. The summed E-state index contributed by atoms with van der Waals surface area (Å²) in [7, 11) is 1.65. The van der Waals surface area contributed by atoms with Crippen LogP contribution in [0.25, 0.3) is 0 Å². The summed E-state index contributed by atoms with van der Waals surface area (Å²) in [5, 5.41) is 2.80. The van der Waals surface area contributed by atoms with Gasteiger partial charge >= 0.3 is 6.03 Å². The fourth-order valence-electron chi connectivity index (χ4n) is 3.61. The quantitative estimate of drug-likeness (QED) is 0.680. The van der Waals surface area contributed by atoms with Crippen molar-refractivity contribution in [2.24, 2.45) is 0 Å². The van der Waals surface area contributed by atoms with Crippen LogP contribution >= 0.6 is 0 Å². The van der Waals surface area contributed by atoms with E-state index in [2.05, 4.69) is 5.32 Å². The van der Waals surface area contributed by atoms with Gasteiger partial charge in [-0.3, -0.25) is 14.5 Å². The van der Waals surface area contributed by atoms with Gasteiger partial charge in [-0.1, -0.05) is 49.4 Å². The summed E-state index contributed by atoms with van der Waals surface area (Å²) in [6.07, 6.45) is 0.397. The third-order valence-corrected chi connectivity index (χ3v) is 5.35. The number of carbonyl (C=O) groups excluding carboxylic acids is 3. The predicted molar refractivity (Wildman–Crippen MR) is 113 cm³/mol. The fourth-order valence-corrected chi connectivity index (χ4v) is 3.61. The topological polar surface area (TPSA) is 79.0 Å². The first kappa shape index (κ1) is 21.4. The number of rotatable bonds is 8. The molecule has 30 heavy (non-hydrogen) atoms. The maximum absolute atomic E-state index is 13.1. The standard InChI is InChI=1S/C23H27N3O4/c1-4-23(18-9-7-6-8-10-18)21(28)26(22(29)24-23)16-20(27)25(3)15-17-11-13-19(14-12-17)30-5-2/h6-14H,4-5,15-16H2,1-3H3,(H,24,29)/t23-/m0/s1. The zero-order chi connectivity index (χ0) is 21.7. The van der Waals surface area contributed by atoms with Gasteiger partial charge in [0.25, 0.3) is 5.91 Å². The van der Waals surface area contributed by atoms with Crippen molar-refractivity contribution in [2.45, 2.75) is 32.4 Å². The summed E-state index contributed by atoms with van der Waals surface area (Å²) >= 11 is 0. The maximum Gasteiger partial charge on any atom is 0.325 e. The smallest absolute Gasteiger partial charge is 0.325 e. The van der Waals surface area contributed by atoms with Gasteiger partial charge in [-0.25, -0.2) is 4.79 Å². The largest absolute Gasteiger partial charge is 0.494 e. The number of nitrogens with zero attached hydrogens (tertiary/aromatic N) is 2. The molecule has 158 valence electrons. The monoisotopic (exact) mass is 409 g/mol. The van der Waals surface area contributed by atoms with Gasteiger partial charge < -0.3 is 15.0 Å². The number of nitrogens with one attached hydrogen (secondary N) is 1. The molecule has 0 spiro atoms. The fraction of sp³-hybridized carbons (Fsp3) is 0.348. The second-order valence-electron chi connectivity index (χ2n) is 7.27. The van der Waals surface area contributed by atoms with Crippen molar-refractivity contribution in [3.8, 4) is 5.75 Å². The molecule has 0 radical (unpaired) electrons. The van der Waals surface area contributed by atoms with Crippen molar-refractivity contribution in [3.63, 3.8) is 0 Å². The van der Waals surface area contributed by atoms with Crippen molar-refractivity contribution in [1.82, 2.24) is 15.1 Å². The molecule has 4 amide bonds. The molecule has 2 aromatic rings. The van der Waals surface area contributed by atoms with E-state index >= 15 is 0 Å². The number of urea groups is 1. The van der Waals surface area contributed by atoms with Crippen LogP contribution in [0.3, 0.4) is 0 Å². The number of hydrogen-bond donors (Lipinski definition) is 1. The Balaban J connectivity index is 1.68. The van der Waals surface area contributed by atoms with Crippen LogP contribution in [0.2, 0.25) is 0 Å². The molecule has 0 aliphatic carbocycles.